The van der Waals surface area contributed by atoms with E-state index < -0.39 is 11.9 Å². The van der Waals surface area contributed by atoms with E-state index in [1.807, 2.05) is 74.5 Å². The maximum absolute atomic E-state index is 14.1. The Hall–Kier alpha value is -5.28. The van der Waals surface area contributed by atoms with Crippen LogP contribution in [0.4, 0.5) is 0 Å². The summed E-state index contributed by atoms with van der Waals surface area (Å²) in [7, 11) is 0. The summed E-state index contributed by atoms with van der Waals surface area (Å²) < 4.78 is 14.8. The molecule has 0 aliphatic rings. The number of benzene rings is 3. The van der Waals surface area contributed by atoms with Gasteiger partial charge in [-0.15, -0.1) is 0 Å². The summed E-state index contributed by atoms with van der Waals surface area (Å²) in [5.74, 6) is -0.407. The van der Waals surface area contributed by atoms with Gasteiger partial charge in [-0.25, -0.2) is 14.2 Å². The number of halogens is 1. The minimum atomic E-state index is -0.862. The van der Waals surface area contributed by atoms with Gasteiger partial charge in [0.2, 0.25) is 0 Å². The number of esters is 1. The maximum atomic E-state index is 14.1. The van der Waals surface area contributed by atoms with Crippen molar-refractivity contribution < 1.29 is 13.9 Å². The molecule has 0 atom stereocenters. The van der Waals surface area contributed by atoms with E-state index in [1.165, 1.54) is 9.36 Å². The number of hydrogen-bond acceptors (Lipinski definition) is 5. The smallest absolute Gasteiger partial charge is 0.339 e. The molecule has 3 aromatic heterocycles. The first kappa shape index (κ1) is 30.7. The molecule has 0 spiro atoms. The normalized spacial score (nSPS) is 11.5. The van der Waals surface area contributed by atoms with Gasteiger partial charge in [0, 0.05) is 17.0 Å². The Balaban J connectivity index is 1.50. The molecule has 3 aromatic carbocycles. The molecule has 46 heavy (non-hydrogen) atoms. The second kappa shape index (κ2) is 12.6. The third-order valence-electron chi connectivity index (χ3n) is 7.77. The fourth-order valence-electron chi connectivity index (χ4n) is 5.56. The highest BCUT2D eigenvalue weighted by molar-refractivity contribution is 6.33. The van der Waals surface area contributed by atoms with Crippen molar-refractivity contribution in [1.82, 2.24) is 19.6 Å². The van der Waals surface area contributed by atoms with Gasteiger partial charge in [-0.05, 0) is 74.4 Å². The number of nitrogens with one attached hydrogen (secondary N) is 2. The molecule has 0 aliphatic carbocycles. The van der Waals surface area contributed by atoms with Crippen LogP contribution in [0.15, 0.2) is 105 Å². The van der Waals surface area contributed by atoms with Crippen LogP contribution in [0, 0.1) is 19.8 Å². The molecule has 0 saturated carbocycles. The molecular weight excluding hydrogens is 604 g/mol. The van der Waals surface area contributed by atoms with Gasteiger partial charge in [0.15, 0.2) is 0 Å². The standard InChI is InChI=1S/C36H33ClN4O5/c1-21(2)20-45-36(44)27-19-24(15-16-28(27)37)29-17-18-30(46-29)33(31-22(3)38-40(34(31)42)25-11-7-5-8-12-25)32-23(4)39-41(35(32)43)26-13-9-6-10-14-26/h5-19,21,33,38-39H,20H2,1-4H3. The molecule has 0 saturated heterocycles. The number of rotatable bonds is 9. The molecule has 2 N–H and O–H groups in total. The number of aromatic amines is 2. The number of para-hydroxylation sites is 2. The van der Waals surface area contributed by atoms with Crippen LogP contribution in [0.2, 0.25) is 5.02 Å². The minimum Gasteiger partial charge on any atom is -0.462 e. The van der Waals surface area contributed by atoms with Gasteiger partial charge in [0.05, 0.1) is 45.6 Å². The zero-order valence-electron chi connectivity index (χ0n) is 25.8. The molecule has 234 valence electrons. The van der Waals surface area contributed by atoms with E-state index in [1.54, 1.807) is 44.2 Å². The summed E-state index contributed by atoms with van der Waals surface area (Å²) >= 11 is 6.37. The fourth-order valence-corrected chi connectivity index (χ4v) is 5.76. The van der Waals surface area contributed by atoms with E-state index >= 15 is 0 Å². The predicted molar refractivity (Wildman–Crippen MR) is 177 cm³/mol. The van der Waals surface area contributed by atoms with Gasteiger partial charge in [-0.2, -0.15) is 0 Å². The van der Waals surface area contributed by atoms with Crippen LogP contribution in [0.3, 0.4) is 0 Å². The van der Waals surface area contributed by atoms with E-state index in [2.05, 4.69) is 10.2 Å². The lowest BCUT2D eigenvalue weighted by Crippen LogP contribution is -2.25. The molecule has 0 fully saturated rings. The highest BCUT2D eigenvalue weighted by atomic mass is 35.5. The lowest BCUT2D eigenvalue weighted by Gasteiger charge is -2.13. The van der Waals surface area contributed by atoms with Crippen molar-refractivity contribution in [2.45, 2.75) is 33.6 Å². The maximum Gasteiger partial charge on any atom is 0.339 e. The van der Waals surface area contributed by atoms with Gasteiger partial charge in [0.25, 0.3) is 11.1 Å². The van der Waals surface area contributed by atoms with Crippen molar-refractivity contribution in [3.8, 4) is 22.7 Å². The summed E-state index contributed by atoms with van der Waals surface area (Å²) in [4.78, 5) is 41.1. The van der Waals surface area contributed by atoms with Crippen molar-refractivity contribution in [2.75, 3.05) is 6.61 Å². The van der Waals surface area contributed by atoms with Crippen LogP contribution in [-0.4, -0.2) is 32.1 Å². The first-order valence-corrected chi connectivity index (χ1v) is 15.3. The second-order valence-electron chi connectivity index (χ2n) is 11.6. The molecule has 6 rings (SSSR count). The van der Waals surface area contributed by atoms with Crippen molar-refractivity contribution in [3.05, 3.63) is 151 Å². The fraction of sp³-hybridized carbons (Fsp3) is 0.194. The van der Waals surface area contributed by atoms with E-state index in [9.17, 15) is 14.4 Å². The largest absolute Gasteiger partial charge is 0.462 e. The third kappa shape index (κ3) is 5.77. The van der Waals surface area contributed by atoms with Crippen LogP contribution in [0.1, 0.15) is 58.4 Å². The first-order chi connectivity index (χ1) is 22.1. The number of aryl methyl sites for hydroxylation is 2. The molecule has 6 aromatic rings. The van der Waals surface area contributed by atoms with E-state index in [4.69, 9.17) is 20.8 Å². The highest BCUT2D eigenvalue weighted by Crippen LogP contribution is 2.36. The van der Waals surface area contributed by atoms with Crippen LogP contribution >= 0.6 is 11.6 Å². The summed E-state index contributed by atoms with van der Waals surface area (Å²) in [5.41, 5.74) is 3.43. The number of carbonyl (C=O) groups is 1. The Kier molecular flexibility index (Phi) is 8.42. The molecule has 10 heteroatoms. The second-order valence-corrected chi connectivity index (χ2v) is 12.0. The Morgan fingerprint density at radius 3 is 1.87 bits per heavy atom. The molecule has 0 bridgehead atoms. The molecule has 0 unspecified atom stereocenters. The first-order valence-electron chi connectivity index (χ1n) is 14.9. The number of aromatic nitrogens is 4. The minimum absolute atomic E-state index is 0.169. The summed E-state index contributed by atoms with van der Waals surface area (Å²) in [6, 6.07) is 26.9. The Labute approximate surface area is 270 Å². The molecule has 0 aliphatic heterocycles. The van der Waals surface area contributed by atoms with Gasteiger partial charge < -0.3 is 9.15 Å². The van der Waals surface area contributed by atoms with Gasteiger partial charge in [-0.3, -0.25) is 19.8 Å². The number of carbonyl (C=O) groups excluding carboxylic acids is 1. The Morgan fingerprint density at radius 1 is 0.804 bits per heavy atom. The molecular formula is C36H33ClN4O5. The monoisotopic (exact) mass is 636 g/mol. The van der Waals surface area contributed by atoms with Crippen LogP contribution in [0.25, 0.3) is 22.7 Å². The quantitative estimate of drug-likeness (QED) is 0.163. The van der Waals surface area contributed by atoms with Crippen molar-refractivity contribution in [1.29, 1.82) is 0 Å². The molecule has 0 amide bonds. The third-order valence-corrected chi connectivity index (χ3v) is 8.10. The molecule has 0 radical (unpaired) electrons. The lowest BCUT2D eigenvalue weighted by molar-refractivity contribution is 0.0459. The average molecular weight is 637 g/mol. The SMILES string of the molecule is Cc1[nH]n(-c2ccccc2)c(=O)c1C(c1ccc(-c2ccc(Cl)c(C(=O)OCC(C)C)c2)o1)c1c(C)[nH]n(-c2ccccc2)c1=O. The number of hydrogen-bond donors (Lipinski definition) is 2. The van der Waals surface area contributed by atoms with Crippen molar-refractivity contribution in [2.24, 2.45) is 5.92 Å². The van der Waals surface area contributed by atoms with Crippen LogP contribution < -0.4 is 11.1 Å². The predicted octanol–water partition coefficient (Wildman–Crippen LogP) is 7.17. The summed E-state index contributed by atoms with van der Waals surface area (Å²) in [6.07, 6.45) is 0. The zero-order chi connectivity index (χ0) is 32.5. The van der Waals surface area contributed by atoms with E-state index in [-0.39, 0.29) is 34.2 Å². The number of furan rings is 1. The zero-order valence-corrected chi connectivity index (χ0v) is 26.6. The van der Waals surface area contributed by atoms with Crippen molar-refractivity contribution in [3.63, 3.8) is 0 Å². The van der Waals surface area contributed by atoms with E-state index in [0.29, 0.717) is 51.0 Å². The Bertz CT molecular complexity index is 2040. The van der Waals surface area contributed by atoms with Crippen LogP contribution in [0.5, 0.6) is 0 Å². The van der Waals surface area contributed by atoms with Gasteiger partial charge >= 0.3 is 5.97 Å². The number of ether oxygens (including phenoxy) is 1. The summed E-state index contributed by atoms with van der Waals surface area (Å²) in [5, 5.41) is 6.64. The summed E-state index contributed by atoms with van der Waals surface area (Å²) in [6.45, 7) is 7.78. The average Bonchev–Trinajstić information content (AvgIpc) is 3.74. The molecule has 3 heterocycles. The van der Waals surface area contributed by atoms with Gasteiger partial charge in [0.1, 0.15) is 11.5 Å². The topological polar surface area (TPSA) is 115 Å². The van der Waals surface area contributed by atoms with Crippen LogP contribution in [-0.2, 0) is 4.74 Å². The molecule has 9 nitrogen and oxygen atoms in total. The number of nitrogens with zero attached hydrogens (tertiary/aromatic N) is 2. The van der Waals surface area contributed by atoms with E-state index in [0.717, 1.165) is 0 Å². The Morgan fingerprint density at radius 2 is 1.35 bits per heavy atom. The lowest BCUT2D eigenvalue weighted by atomic mass is 9.89. The highest BCUT2D eigenvalue weighted by Gasteiger charge is 2.33. The number of H-pyrrole nitrogens is 2. The van der Waals surface area contributed by atoms with Gasteiger partial charge in [-0.1, -0.05) is 61.8 Å². The van der Waals surface area contributed by atoms with Crippen molar-refractivity contribution >= 4 is 17.6 Å².